The second-order valence-electron chi connectivity index (χ2n) is 3.36. The van der Waals surface area contributed by atoms with Crippen LogP contribution in [0.2, 0.25) is 5.15 Å². The fourth-order valence-corrected chi connectivity index (χ4v) is 1.58. The van der Waals surface area contributed by atoms with Crippen LogP contribution in [0.5, 0.6) is 0 Å². The molecular weight excluding hydrogens is 240 g/mol. The van der Waals surface area contributed by atoms with Crippen LogP contribution in [0.15, 0.2) is 18.2 Å². The zero-order valence-electron chi connectivity index (χ0n) is 8.88. The maximum Gasteiger partial charge on any atom is 0.165 e. The lowest BCUT2D eigenvalue weighted by atomic mass is 10.3. The van der Waals surface area contributed by atoms with Crippen molar-refractivity contribution in [2.75, 3.05) is 0 Å². The van der Waals surface area contributed by atoms with E-state index in [0.717, 1.165) is 0 Å². The van der Waals surface area contributed by atoms with E-state index in [2.05, 4.69) is 10.1 Å². The molecular formula is C11H7ClN4O. The lowest BCUT2D eigenvalue weighted by molar-refractivity contribution is 0.112. The topological polar surface area (TPSA) is 71.6 Å². The molecule has 0 aromatic carbocycles. The van der Waals surface area contributed by atoms with Crippen LogP contribution >= 0.6 is 11.6 Å². The molecule has 0 amide bonds. The lowest BCUT2D eigenvalue weighted by Gasteiger charge is -2.05. The summed E-state index contributed by atoms with van der Waals surface area (Å²) in [5.41, 5.74) is 1.34. The minimum Gasteiger partial charge on any atom is -0.298 e. The lowest BCUT2D eigenvalue weighted by Crippen LogP contribution is -2.06. The summed E-state index contributed by atoms with van der Waals surface area (Å²) in [6, 6.07) is 6.62. The van der Waals surface area contributed by atoms with Gasteiger partial charge in [-0.15, -0.1) is 0 Å². The average Bonchev–Trinajstić information content (AvgIpc) is 2.70. The van der Waals surface area contributed by atoms with Crippen LogP contribution in [0, 0.1) is 18.3 Å². The summed E-state index contributed by atoms with van der Waals surface area (Å²) in [6.45, 7) is 1.77. The maximum atomic E-state index is 10.9. The number of hydrogen-bond acceptors (Lipinski definition) is 4. The number of carbonyl (C=O) groups excluding carboxylic acids is 1. The van der Waals surface area contributed by atoms with Crippen molar-refractivity contribution in [1.82, 2.24) is 14.8 Å². The molecule has 0 fully saturated rings. The van der Waals surface area contributed by atoms with Crippen molar-refractivity contribution in [3.8, 4) is 11.9 Å². The van der Waals surface area contributed by atoms with Crippen LogP contribution in [0.1, 0.15) is 21.7 Å². The van der Waals surface area contributed by atoms with Crippen molar-refractivity contribution in [2.45, 2.75) is 6.92 Å². The molecule has 0 bridgehead atoms. The number of pyridine rings is 1. The first kappa shape index (κ1) is 11.3. The van der Waals surface area contributed by atoms with Gasteiger partial charge in [0.15, 0.2) is 17.8 Å². The van der Waals surface area contributed by atoms with Gasteiger partial charge in [-0.25, -0.2) is 9.67 Å². The second kappa shape index (κ2) is 4.36. The molecule has 2 rings (SSSR count). The number of nitrogens with zero attached hydrogens (tertiary/aromatic N) is 4. The van der Waals surface area contributed by atoms with Crippen molar-refractivity contribution in [2.24, 2.45) is 0 Å². The number of nitriles is 1. The molecule has 2 aromatic rings. The van der Waals surface area contributed by atoms with Gasteiger partial charge < -0.3 is 0 Å². The third-order valence-electron chi connectivity index (χ3n) is 2.20. The summed E-state index contributed by atoms with van der Waals surface area (Å²) in [5.74, 6) is 0.325. The van der Waals surface area contributed by atoms with Crippen LogP contribution < -0.4 is 0 Å². The van der Waals surface area contributed by atoms with Crippen LogP contribution in [-0.4, -0.2) is 21.1 Å². The Hall–Kier alpha value is -2.19. The highest BCUT2D eigenvalue weighted by atomic mass is 35.5. The molecule has 0 aliphatic rings. The Bertz CT molecular complexity index is 627. The summed E-state index contributed by atoms with van der Waals surface area (Å²) in [6.07, 6.45) is 0.672. The quantitative estimate of drug-likeness (QED) is 0.599. The standard InChI is InChI=1S/C11H7ClN4O/c1-7-4-9(5-13)15-16(7)11-8(6-17)2-3-10(12)14-11/h2-4,6H,1H3. The molecule has 0 N–H and O–H groups in total. The summed E-state index contributed by atoms with van der Waals surface area (Å²) >= 11 is 5.78. The zero-order chi connectivity index (χ0) is 12.4. The number of aryl methyl sites for hydroxylation is 1. The van der Waals surface area contributed by atoms with Crippen LogP contribution in [0.25, 0.3) is 5.82 Å². The van der Waals surface area contributed by atoms with Gasteiger partial charge in [-0.1, -0.05) is 11.6 Å². The predicted octanol–water partition coefficient (Wildman–Crippen LogP) is 1.91. The molecule has 0 atom stereocenters. The van der Waals surface area contributed by atoms with E-state index in [-0.39, 0.29) is 10.8 Å². The Labute approximate surface area is 102 Å². The van der Waals surface area contributed by atoms with Gasteiger partial charge in [0.1, 0.15) is 11.2 Å². The van der Waals surface area contributed by atoms with Crippen molar-refractivity contribution in [3.05, 3.63) is 40.3 Å². The molecule has 0 radical (unpaired) electrons. The highest BCUT2D eigenvalue weighted by Gasteiger charge is 2.11. The fourth-order valence-electron chi connectivity index (χ4n) is 1.44. The van der Waals surface area contributed by atoms with Gasteiger partial charge in [-0.2, -0.15) is 10.4 Å². The smallest absolute Gasteiger partial charge is 0.165 e. The molecule has 6 heteroatoms. The minimum absolute atomic E-state index is 0.263. The van der Waals surface area contributed by atoms with Crippen LogP contribution in [0.3, 0.4) is 0 Å². The number of rotatable bonds is 2. The van der Waals surface area contributed by atoms with Gasteiger partial charge in [0, 0.05) is 5.69 Å². The van der Waals surface area contributed by atoms with E-state index in [0.29, 0.717) is 23.4 Å². The SMILES string of the molecule is Cc1cc(C#N)nn1-c1nc(Cl)ccc1C=O. The number of carbonyl (C=O) groups is 1. The van der Waals surface area contributed by atoms with Gasteiger partial charge in [0.2, 0.25) is 0 Å². The Morgan fingerprint density at radius 3 is 2.88 bits per heavy atom. The number of aldehydes is 1. The minimum atomic E-state index is 0.263. The Morgan fingerprint density at radius 1 is 1.53 bits per heavy atom. The van der Waals surface area contributed by atoms with Gasteiger partial charge in [0.05, 0.1) is 5.56 Å². The van der Waals surface area contributed by atoms with Crippen molar-refractivity contribution in [1.29, 1.82) is 5.26 Å². The molecule has 0 aliphatic heterocycles. The maximum absolute atomic E-state index is 10.9. The summed E-state index contributed by atoms with van der Waals surface area (Å²) in [4.78, 5) is 15.0. The van der Waals surface area contributed by atoms with E-state index in [1.807, 2.05) is 6.07 Å². The van der Waals surface area contributed by atoms with Crippen molar-refractivity contribution >= 4 is 17.9 Å². The first-order valence-electron chi connectivity index (χ1n) is 4.74. The normalized spacial score (nSPS) is 9.94. The summed E-state index contributed by atoms with van der Waals surface area (Å²) in [5, 5.41) is 13.0. The third-order valence-corrected chi connectivity index (χ3v) is 2.41. The van der Waals surface area contributed by atoms with Crippen molar-refractivity contribution < 1.29 is 4.79 Å². The average molecular weight is 247 g/mol. The molecule has 2 heterocycles. The van der Waals surface area contributed by atoms with Gasteiger partial charge in [-0.3, -0.25) is 4.79 Å². The predicted molar refractivity (Wildman–Crippen MR) is 61.2 cm³/mol. The Morgan fingerprint density at radius 2 is 2.29 bits per heavy atom. The van der Waals surface area contributed by atoms with Crippen LogP contribution in [0.4, 0.5) is 0 Å². The molecule has 5 nitrogen and oxygen atoms in total. The molecule has 0 spiro atoms. The molecule has 0 unspecified atom stereocenters. The van der Waals surface area contributed by atoms with Gasteiger partial charge >= 0.3 is 0 Å². The molecule has 0 saturated carbocycles. The Balaban J connectivity index is 2.67. The monoisotopic (exact) mass is 246 g/mol. The largest absolute Gasteiger partial charge is 0.298 e. The number of hydrogen-bond donors (Lipinski definition) is 0. The van der Waals surface area contributed by atoms with E-state index in [1.165, 1.54) is 10.7 Å². The molecule has 0 saturated heterocycles. The van der Waals surface area contributed by atoms with E-state index >= 15 is 0 Å². The fraction of sp³-hybridized carbons (Fsp3) is 0.0909. The summed E-state index contributed by atoms with van der Waals surface area (Å²) < 4.78 is 1.42. The number of halogens is 1. The Kier molecular flexibility index (Phi) is 2.90. The van der Waals surface area contributed by atoms with E-state index in [9.17, 15) is 4.79 Å². The van der Waals surface area contributed by atoms with E-state index in [1.54, 1.807) is 19.1 Å². The highest BCUT2D eigenvalue weighted by Crippen LogP contribution is 2.16. The molecule has 0 aliphatic carbocycles. The van der Waals surface area contributed by atoms with E-state index in [4.69, 9.17) is 16.9 Å². The summed E-state index contributed by atoms with van der Waals surface area (Å²) in [7, 11) is 0. The molecule has 2 aromatic heterocycles. The first-order chi connectivity index (χ1) is 8.15. The van der Waals surface area contributed by atoms with Gasteiger partial charge in [-0.05, 0) is 25.1 Å². The second-order valence-corrected chi connectivity index (χ2v) is 3.75. The third kappa shape index (κ3) is 2.03. The van der Waals surface area contributed by atoms with Crippen molar-refractivity contribution in [3.63, 3.8) is 0 Å². The molecule has 84 valence electrons. The van der Waals surface area contributed by atoms with E-state index < -0.39 is 0 Å². The number of aromatic nitrogens is 3. The van der Waals surface area contributed by atoms with Gasteiger partial charge in [0.25, 0.3) is 0 Å². The first-order valence-corrected chi connectivity index (χ1v) is 5.12. The zero-order valence-corrected chi connectivity index (χ0v) is 9.64. The van der Waals surface area contributed by atoms with Crippen LogP contribution in [-0.2, 0) is 0 Å². The highest BCUT2D eigenvalue weighted by molar-refractivity contribution is 6.29. The molecule has 17 heavy (non-hydrogen) atoms.